The van der Waals surface area contributed by atoms with Crippen LogP contribution in [0.1, 0.15) is 21.9 Å². The molecular formula is C21H14BrClF2O4. The van der Waals surface area contributed by atoms with Gasteiger partial charge in [0.15, 0.2) is 5.78 Å². The first-order chi connectivity index (χ1) is 13.9. The third-order valence-corrected chi connectivity index (χ3v) is 4.48. The molecule has 1 heterocycles. The number of carbonyl (C=O) groups excluding carboxylic acids is 1. The predicted octanol–water partition coefficient (Wildman–Crippen LogP) is 6.77. The number of ether oxygens (including phenoxy) is 2. The summed E-state index contributed by atoms with van der Waals surface area (Å²) in [6.45, 7) is -2.79. The Bertz CT molecular complexity index is 1030. The molecular weight excluding hydrogens is 470 g/mol. The van der Waals surface area contributed by atoms with E-state index in [-0.39, 0.29) is 23.7 Å². The van der Waals surface area contributed by atoms with Crippen molar-refractivity contribution in [2.24, 2.45) is 0 Å². The quantitative estimate of drug-likeness (QED) is 0.262. The van der Waals surface area contributed by atoms with Crippen molar-refractivity contribution < 1.29 is 27.5 Å². The van der Waals surface area contributed by atoms with Crippen molar-refractivity contribution in [3.05, 3.63) is 87.3 Å². The minimum absolute atomic E-state index is 0.0803. The fraction of sp³-hybridized carbons (Fsp3) is 0.0952. The number of rotatable bonds is 8. The Labute approximate surface area is 178 Å². The predicted molar refractivity (Wildman–Crippen MR) is 109 cm³/mol. The molecule has 0 spiro atoms. The Morgan fingerprint density at radius 1 is 1.17 bits per heavy atom. The number of allylic oxidation sites excluding steroid dienone is 1. The van der Waals surface area contributed by atoms with Crippen molar-refractivity contribution in [3.63, 3.8) is 0 Å². The monoisotopic (exact) mass is 482 g/mol. The molecule has 3 rings (SSSR count). The van der Waals surface area contributed by atoms with E-state index in [9.17, 15) is 13.6 Å². The summed E-state index contributed by atoms with van der Waals surface area (Å²) in [4.78, 5) is 12.2. The van der Waals surface area contributed by atoms with Gasteiger partial charge in [0.25, 0.3) is 0 Å². The minimum atomic E-state index is -2.95. The zero-order chi connectivity index (χ0) is 20.8. The average molecular weight is 484 g/mol. The number of hydrogen-bond acceptors (Lipinski definition) is 4. The van der Waals surface area contributed by atoms with Gasteiger partial charge in [-0.1, -0.05) is 39.7 Å². The topological polar surface area (TPSA) is 48.7 Å². The molecule has 0 N–H and O–H groups in total. The molecule has 29 heavy (non-hydrogen) atoms. The van der Waals surface area contributed by atoms with E-state index in [2.05, 4.69) is 20.7 Å². The molecule has 0 bridgehead atoms. The van der Waals surface area contributed by atoms with Gasteiger partial charge in [-0.2, -0.15) is 8.78 Å². The average Bonchev–Trinajstić information content (AvgIpc) is 3.13. The Morgan fingerprint density at radius 3 is 2.76 bits per heavy atom. The minimum Gasteiger partial charge on any atom is -0.484 e. The fourth-order valence-corrected chi connectivity index (χ4v) is 3.11. The van der Waals surface area contributed by atoms with E-state index in [4.69, 9.17) is 20.8 Å². The molecule has 0 aliphatic carbocycles. The Kier molecular flexibility index (Phi) is 7.06. The second-order valence-electron chi connectivity index (χ2n) is 5.77. The van der Waals surface area contributed by atoms with Gasteiger partial charge in [-0.25, -0.2) is 0 Å². The van der Waals surface area contributed by atoms with Crippen molar-refractivity contribution in [2.75, 3.05) is 0 Å². The largest absolute Gasteiger partial charge is 0.484 e. The van der Waals surface area contributed by atoms with Crippen LogP contribution in [0.2, 0.25) is 5.02 Å². The molecule has 2 aromatic carbocycles. The molecule has 3 aromatic rings. The third kappa shape index (κ3) is 6.17. The van der Waals surface area contributed by atoms with Gasteiger partial charge in [0.05, 0.1) is 5.02 Å². The van der Waals surface area contributed by atoms with Gasteiger partial charge in [0.1, 0.15) is 29.6 Å². The molecule has 4 nitrogen and oxygen atoms in total. The lowest BCUT2D eigenvalue weighted by Gasteiger charge is -2.06. The van der Waals surface area contributed by atoms with E-state index in [1.807, 2.05) is 6.07 Å². The summed E-state index contributed by atoms with van der Waals surface area (Å²) in [6, 6.07) is 14.2. The zero-order valence-corrected chi connectivity index (χ0v) is 17.1. The first-order valence-electron chi connectivity index (χ1n) is 8.34. The second kappa shape index (κ2) is 9.71. The molecule has 0 aliphatic heterocycles. The highest BCUT2D eigenvalue weighted by Gasteiger charge is 2.09. The van der Waals surface area contributed by atoms with E-state index in [1.165, 1.54) is 36.4 Å². The van der Waals surface area contributed by atoms with Crippen LogP contribution in [0.5, 0.6) is 11.5 Å². The standard InChI is InChI=1S/C21H14BrClF2O4/c22-14-4-9-20(18(23)11-14)27-12-17-6-5-15(28-17)7-8-19(26)13-2-1-3-16(10-13)29-21(24)25/h1-11,21H,12H2/b8-7+. The lowest BCUT2D eigenvalue weighted by Crippen LogP contribution is -2.03. The molecule has 150 valence electrons. The summed E-state index contributed by atoms with van der Waals surface area (Å²) < 4.78 is 40.9. The third-order valence-electron chi connectivity index (χ3n) is 3.69. The van der Waals surface area contributed by atoms with Crippen LogP contribution in [0.3, 0.4) is 0 Å². The van der Waals surface area contributed by atoms with Crippen LogP contribution < -0.4 is 9.47 Å². The van der Waals surface area contributed by atoms with Crippen LogP contribution in [0, 0.1) is 0 Å². The normalized spacial score (nSPS) is 11.2. The highest BCUT2D eigenvalue weighted by atomic mass is 79.9. The number of ketones is 1. The summed E-state index contributed by atoms with van der Waals surface area (Å²) in [5, 5.41) is 0.467. The van der Waals surface area contributed by atoms with Crippen LogP contribution in [0.15, 0.2) is 69.6 Å². The summed E-state index contributed by atoms with van der Waals surface area (Å²) in [5.74, 6) is 1.05. The highest BCUT2D eigenvalue weighted by molar-refractivity contribution is 9.10. The van der Waals surface area contributed by atoms with E-state index < -0.39 is 6.61 Å². The van der Waals surface area contributed by atoms with Crippen molar-refractivity contribution in [1.29, 1.82) is 0 Å². The number of halogens is 4. The Balaban J connectivity index is 1.60. The van der Waals surface area contributed by atoms with Gasteiger partial charge in [0.2, 0.25) is 0 Å². The smallest absolute Gasteiger partial charge is 0.387 e. The molecule has 0 unspecified atom stereocenters. The zero-order valence-electron chi connectivity index (χ0n) is 14.8. The molecule has 0 fully saturated rings. The summed E-state index contributed by atoms with van der Waals surface area (Å²) in [6.07, 6.45) is 2.77. The van der Waals surface area contributed by atoms with Crippen LogP contribution in [0.4, 0.5) is 8.78 Å². The number of benzene rings is 2. The molecule has 0 aliphatic rings. The maximum Gasteiger partial charge on any atom is 0.387 e. The number of hydrogen-bond donors (Lipinski definition) is 0. The molecule has 0 radical (unpaired) electrons. The molecule has 0 saturated heterocycles. The van der Waals surface area contributed by atoms with Crippen molar-refractivity contribution >= 4 is 39.4 Å². The summed E-state index contributed by atoms with van der Waals surface area (Å²) in [5.41, 5.74) is 0.222. The SMILES string of the molecule is O=C(/C=C/c1ccc(COc2ccc(Br)cc2Cl)o1)c1cccc(OC(F)F)c1. The number of furan rings is 1. The molecule has 1 aromatic heterocycles. The van der Waals surface area contributed by atoms with E-state index in [0.29, 0.717) is 22.3 Å². The summed E-state index contributed by atoms with van der Waals surface area (Å²) in [7, 11) is 0. The first kappa shape index (κ1) is 21.1. The van der Waals surface area contributed by atoms with Gasteiger partial charge < -0.3 is 13.9 Å². The number of carbonyl (C=O) groups is 1. The van der Waals surface area contributed by atoms with Crippen molar-refractivity contribution in [3.8, 4) is 11.5 Å². The Hall–Kier alpha value is -2.64. The summed E-state index contributed by atoms with van der Waals surface area (Å²) >= 11 is 9.42. The maximum absolute atomic E-state index is 12.3. The number of alkyl halides is 2. The van der Waals surface area contributed by atoms with Crippen LogP contribution in [-0.2, 0) is 6.61 Å². The van der Waals surface area contributed by atoms with Gasteiger partial charge >= 0.3 is 6.61 Å². The van der Waals surface area contributed by atoms with E-state index in [1.54, 1.807) is 24.3 Å². The van der Waals surface area contributed by atoms with Crippen LogP contribution in [0.25, 0.3) is 6.08 Å². The molecule has 0 saturated carbocycles. The lowest BCUT2D eigenvalue weighted by molar-refractivity contribution is -0.0498. The van der Waals surface area contributed by atoms with Gasteiger partial charge in [-0.15, -0.1) is 0 Å². The van der Waals surface area contributed by atoms with Gasteiger partial charge in [0, 0.05) is 10.0 Å². The van der Waals surface area contributed by atoms with Gasteiger partial charge in [-0.3, -0.25) is 4.79 Å². The fourth-order valence-electron chi connectivity index (χ4n) is 2.38. The van der Waals surface area contributed by atoms with Crippen LogP contribution in [-0.4, -0.2) is 12.4 Å². The molecule has 0 atom stereocenters. The van der Waals surface area contributed by atoms with Crippen molar-refractivity contribution in [2.45, 2.75) is 13.2 Å². The lowest BCUT2D eigenvalue weighted by atomic mass is 10.1. The second-order valence-corrected chi connectivity index (χ2v) is 7.09. The molecule has 8 heteroatoms. The van der Waals surface area contributed by atoms with Crippen LogP contribution >= 0.6 is 27.5 Å². The van der Waals surface area contributed by atoms with E-state index >= 15 is 0 Å². The first-order valence-corrected chi connectivity index (χ1v) is 9.51. The van der Waals surface area contributed by atoms with Crippen molar-refractivity contribution in [1.82, 2.24) is 0 Å². The van der Waals surface area contributed by atoms with Gasteiger partial charge in [-0.05, 0) is 54.6 Å². The highest BCUT2D eigenvalue weighted by Crippen LogP contribution is 2.28. The maximum atomic E-state index is 12.3. The van der Waals surface area contributed by atoms with E-state index in [0.717, 1.165) is 4.47 Å². The Morgan fingerprint density at radius 2 is 2.00 bits per heavy atom. The molecule has 0 amide bonds.